The number of nitro groups is 1. The third-order valence-electron chi connectivity index (χ3n) is 8.61. The molecule has 0 bridgehead atoms. The number of anilines is 1. The predicted octanol–water partition coefficient (Wildman–Crippen LogP) is 6.28. The highest BCUT2D eigenvalue weighted by Crippen LogP contribution is 2.39. The average Bonchev–Trinajstić information content (AvgIpc) is 2.97. The van der Waals surface area contributed by atoms with Crippen molar-refractivity contribution in [3.8, 4) is 0 Å². The summed E-state index contributed by atoms with van der Waals surface area (Å²) < 4.78 is 0. The van der Waals surface area contributed by atoms with Crippen LogP contribution in [0.1, 0.15) is 85.7 Å². The van der Waals surface area contributed by atoms with Gasteiger partial charge in [0.15, 0.2) is 0 Å². The van der Waals surface area contributed by atoms with Crippen LogP contribution in [0.5, 0.6) is 0 Å². The minimum absolute atomic E-state index is 0.0364. The molecule has 4 rings (SSSR count). The summed E-state index contributed by atoms with van der Waals surface area (Å²) >= 11 is 0. The number of nitrogens with one attached hydrogen (secondary N) is 2. The zero-order valence-electron chi connectivity index (χ0n) is 23.6. The second kappa shape index (κ2) is 14.1. The number of carboxylic acid groups (broad SMARTS) is 1. The first-order valence-corrected chi connectivity index (χ1v) is 14.6. The second-order valence-corrected chi connectivity index (χ2v) is 11.4. The first-order valence-electron chi connectivity index (χ1n) is 14.6. The van der Waals surface area contributed by atoms with Crippen LogP contribution in [-0.2, 0) is 11.3 Å². The molecule has 0 atom stereocenters. The molecular weight excluding hydrogens is 524 g/mol. The molecule has 2 aliphatic carbocycles. The molecule has 0 radical (unpaired) electrons. The number of carboxylic acids is 1. The van der Waals surface area contributed by atoms with Gasteiger partial charge >= 0.3 is 12.0 Å². The summed E-state index contributed by atoms with van der Waals surface area (Å²) in [5, 5.41) is 25.7. The van der Waals surface area contributed by atoms with E-state index in [9.17, 15) is 24.5 Å². The number of rotatable bonds is 10. The van der Waals surface area contributed by atoms with Crippen LogP contribution in [0.4, 0.5) is 16.2 Å². The average molecular weight is 565 g/mol. The molecule has 0 heterocycles. The maximum Gasteiger partial charge on any atom is 0.322 e. The minimum Gasteiger partial charge on any atom is -0.481 e. The van der Waals surface area contributed by atoms with Crippen molar-refractivity contribution in [2.75, 3.05) is 11.9 Å². The Kier molecular flexibility index (Phi) is 10.3. The van der Waals surface area contributed by atoms with Crippen LogP contribution in [0.25, 0.3) is 0 Å². The van der Waals surface area contributed by atoms with E-state index in [0.29, 0.717) is 29.3 Å². The van der Waals surface area contributed by atoms with Crippen molar-refractivity contribution < 1.29 is 24.4 Å². The van der Waals surface area contributed by atoms with Crippen LogP contribution in [0, 0.1) is 28.9 Å². The highest BCUT2D eigenvalue weighted by molar-refractivity contribution is 5.94. The highest BCUT2D eigenvalue weighted by Gasteiger charge is 2.33. The maximum absolute atomic E-state index is 13.6. The number of aliphatic carboxylic acids is 1. The van der Waals surface area contributed by atoms with Crippen molar-refractivity contribution in [3.63, 3.8) is 0 Å². The predicted molar refractivity (Wildman–Crippen MR) is 156 cm³/mol. The van der Waals surface area contributed by atoms with Gasteiger partial charge in [0, 0.05) is 42.0 Å². The largest absolute Gasteiger partial charge is 0.481 e. The molecule has 41 heavy (non-hydrogen) atoms. The number of nitro benzene ring substituents is 1. The van der Waals surface area contributed by atoms with Crippen LogP contribution in [0.2, 0.25) is 0 Å². The molecule has 2 aromatic rings. The normalized spacial score (nSPS) is 19.2. The van der Waals surface area contributed by atoms with E-state index in [1.165, 1.54) is 38.2 Å². The third kappa shape index (κ3) is 8.28. The number of hydrogen-bond acceptors (Lipinski definition) is 5. The number of aryl methyl sites for hydroxylation is 1. The Bertz CT molecular complexity index is 1230. The van der Waals surface area contributed by atoms with Crippen LogP contribution in [0.15, 0.2) is 42.5 Å². The first-order chi connectivity index (χ1) is 19.7. The fourth-order valence-corrected chi connectivity index (χ4v) is 6.28. The number of carbonyl (C=O) groups is 3. The zero-order valence-corrected chi connectivity index (χ0v) is 23.6. The summed E-state index contributed by atoms with van der Waals surface area (Å²) in [6, 6.07) is 11.4. The molecule has 3 amide bonds. The van der Waals surface area contributed by atoms with Crippen molar-refractivity contribution in [2.45, 2.75) is 83.7 Å². The van der Waals surface area contributed by atoms with Gasteiger partial charge in [0.1, 0.15) is 0 Å². The summed E-state index contributed by atoms with van der Waals surface area (Å²) in [5.74, 6) is 0.158. The third-order valence-corrected chi connectivity index (χ3v) is 8.61. The summed E-state index contributed by atoms with van der Waals surface area (Å²) in [6.45, 7) is 2.04. The van der Waals surface area contributed by atoms with Crippen LogP contribution < -0.4 is 10.6 Å². The Balaban J connectivity index is 1.47. The molecule has 3 N–H and O–H groups in total. The molecule has 10 nitrogen and oxygen atoms in total. The smallest absolute Gasteiger partial charge is 0.322 e. The van der Waals surface area contributed by atoms with Gasteiger partial charge in [0.05, 0.1) is 11.3 Å². The lowest BCUT2D eigenvalue weighted by atomic mass is 9.72. The summed E-state index contributed by atoms with van der Waals surface area (Å²) in [5.41, 5.74) is 2.13. The van der Waals surface area contributed by atoms with Gasteiger partial charge in [-0.3, -0.25) is 19.7 Å². The summed E-state index contributed by atoms with van der Waals surface area (Å²) in [7, 11) is 0. The van der Waals surface area contributed by atoms with E-state index in [0.717, 1.165) is 37.2 Å². The van der Waals surface area contributed by atoms with Crippen molar-refractivity contribution >= 4 is 29.3 Å². The molecule has 0 aromatic heterocycles. The van der Waals surface area contributed by atoms with Gasteiger partial charge in [-0.25, -0.2) is 4.79 Å². The molecule has 220 valence electrons. The Labute approximate surface area is 240 Å². The van der Waals surface area contributed by atoms with Gasteiger partial charge in [0.25, 0.3) is 11.6 Å². The zero-order chi connectivity index (χ0) is 29.4. The maximum atomic E-state index is 13.6. The Hall–Kier alpha value is -3.95. The van der Waals surface area contributed by atoms with Gasteiger partial charge in [0.2, 0.25) is 0 Å². The Morgan fingerprint density at radius 1 is 0.951 bits per heavy atom. The van der Waals surface area contributed by atoms with E-state index >= 15 is 0 Å². The van der Waals surface area contributed by atoms with Gasteiger partial charge in [-0.1, -0.05) is 50.3 Å². The van der Waals surface area contributed by atoms with Gasteiger partial charge < -0.3 is 20.6 Å². The lowest BCUT2D eigenvalue weighted by molar-refractivity contribution is -0.385. The molecule has 0 unspecified atom stereocenters. The van der Waals surface area contributed by atoms with Gasteiger partial charge in [-0.2, -0.15) is 0 Å². The monoisotopic (exact) mass is 564 g/mol. The topological polar surface area (TPSA) is 142 Å². The molecule has 0 spiro atoms. The van der Waals surface area contributed by atoms with E-state index in [1.54, 1.807) is 43.3 Å². The van der Waals surface area contributed by atoms with E-state index < -0.39 is 10.9 Å². The van der Waals surface area contributed by atoms with Crippen LogP contribution >= 0.6 is 0 Å². The Morgan fingerprint density at radius 3 is 2.24 bits per heavy atom. The fourth-order valence-electron chi connectivity index (χ4n) is 6.28. The second-order valence-electron chi connectivity index (χ2n) is 11.4. The standard InChI is InChI=1S/C31H40N4O6/c1-21-7-14-26(19-28(21)35(40)41)33-31(39)34(27-15-12-24(13-16-27)23-5-3-2-4-6-23)20-22-8-10-25(11-9-22)30(38)32-18-17-29(36)37/h7-11,14,19,23-24,27H,2-6,12-13,15-18,20H2,1H3,(H,32,38)(H,33,39)(H,36,37). The van der Waals surface area contributed by atoms with Crippen molar-refractivity contribution in [2.24, 2.45) is 11.8 Å². The molecule has 10 heteroatoms. The van der Waals surface area contributed by atoms with Crippen molar-refractivity contribution in [1.82, 2.24) is 10.2 Å². The quantitative estimate of drug-likeness (QED) is 0.229. The SMILES string of the molecule is Cc1ccc(NC(=O)N(Cc2ccc(C(=O)NCCC(=O)O)cc2)C2CCC(C3CCCCC3)CC2)cc1[N+](=O)[O-]. The van der Waals surface area contributed by atoms with E-state index in [4.69, 9.17) is 5.11 Å². The number of nitrogens with zero attached hydrogens (tertiary/aromatic N) is 2. The lowest BCUT2D eigenvalue weighted by Crippen LogP contribution is -2.44. The lowest BCUT2D eigenvalue weighted by Gasteiger charge is -2.40. The van der Waals surface area contributed by atoms with E-state index in [1.807, 2.05) is 4.90 Å². The number of amides is 3. The van der Waals surface area contributed by atoms with Gasteiger partial charge in [-0.15, -0.1) is 0 Å². The first kappa shape index (κ1) is 30.0. The number of benzene rings is 2. The molecule has 2 aliphatic rings. The number of carbonyl (C=O) groups excluding carboxylic acids is 2. The van der Waals surface area contributed by atoms with E-state index in [2.05, 4.69) is 10.6 Å². The van der Waals surface area contributed by atoms with E-state index in [-0.39, 0.29) is 36.6 Å². The van der Waals surface area contributed by atoms with Crippen LogP contribution in [-0.4, -0.2) is 45.4 Å². The number of urea groups is 1. The molecule has 2 aromatic carbocycles. The van der Waals surface area contributed by atoms with Crippen LogP contribution in [0.3, 0.4) is 0 Å². The Morgan fingerprint density at radius 2 is 1.61 bits per heavy atom. The minimum atomic E-state index is -0.980. The summed E-state index contributed by atoms with van der Waals surface area (Å²) in [6.07, 6.45) is 10.4. The molecule has 0 aliphatic heterocycles. The van der Waals surface area contributed by atoms with Gasteiger partial charge in [-0.05, 0) is 68.2 Å². The molecule has 2 fully saturated rings. The molecular formula is C31H40N4O6. The molecule has 2 saturated carbocycles. The molecule has 0 saturated heterocycles. The van der Waals surface area contributed by atoms with Crippen molar-refractivity contribution in [3.05, 3.63) is 69.3 Å². The summed E-state index contributed by atoms with van der Waals surface area (Å²) in [4.78, 5) is 49.5. The number of hydrogen-bond donors (Lipinski definition) is 3. The fraction of sp³-hybridized carbons (Fsp3) is 0.516. The van der Waals surface area contributed by atoms with Crippen molar-refractivity contribution in [1.29, 1.82) is 0 Å². The highest BCUT2D eigenvalue weighted by atomic mass is 16.6.